The molecule has 0 spiro atoms. The molecule has 0 rings (SSSR count). The van der Waals surface area contributed by atoms with Gasteiger partial charge in [0.1, 0.15) is 65.4 Å². The topological polar surface area (TPSA) is 594 Å². The van der Waals surface area contributed by atoms with Gasteiger partial charge in [0.15, 0.2) is 34.7 Å². The van der Waals surface area contributed by atoms with Crippen molar-refractivity contribution < 1.29 is 136 Å². The number of Topliss-reactive ketones (excluding diaryl/α,β-unsaturated/α-hetero) is 6. The molecule has 12 amide bonds. The van der Waals surface area contributed by atoms with Crippen LogP contribution in [-0.4, -0.2) is 297 Å². The molecule has 0 aromatic heterocycles. The first-order valence-electron chi connectivity index (χ1n) is 28.4. The third kappa shape index (κ3) is 41.3. The lowest BCUT2D eigenvalue weighted by Crippen LogP contribution is -2.45. The molecular formula is C54H76N12O28. The predicted octanol–water partition coefficient (Wildman–Crippen LogP) is -8.50. The molecule has 0 aromatic carbocycles. The van der Waals surface area contributed by atoms with Crippen LogP contribution in [0.2, 0.25) is 0 Å². The molecule has 40 heteroatoms. The van der Waals surface area contributed by atoms with Gasteiger partial charge in [0, 0.05) is 90.5 Å². The van der Waals surface area contributed by atoms with E-state index in [1.807, 2.05) is 0 Å². The van der Waals surface area contributed by atoms with Crippen LogP contribution in [0.1, 0.15) is 90.9 Å². The van der Waals surface area contributed by atoms with Crippen molar-refractivity contribution in [2.24, 2.45) is 0 Å². The van der Waals surface area contributed by atoms with Crippen molar-refractivity contribution in [3.63, 3.8) is 0 Å². The fourth-order valence-electron chi connectivity index (χ4n) is 7.42. The molecule has 40 nitrogen and oxygen atoms in total. The van der Waals surface area contributed by atoms with E-state index in [1.54, 1.807) is 6.92 Å². The number of carboxylic acids is 5. The Bertz CT molecular complexity index is 2890. The molecule has 0 saturated carbocycles. The van der Waals surface area contributed by atoms with E-state index in [0.717, 1.165) is 6.92 Å². The van der Waals surface area contributed by atoms with Gasteiger partial charge in [-0.3, -0.25) is 110 Å². The molecule has 0 heterocycles. The highest BCUT2D eigenvalue weighted by atomic mass is 16.4. The van der Waals surface area contributed by atoms with Crippen molar-refractivity contribution in [1.29, 1.82) is 0 Å². The van der Waals surface area contributed by atoms with Gasteiger partial charge in [0.2, 0.25) is 70.9 Å². The van der Waals surface area contributed by atoms with E-state index in [0.29, 0.717) is 31.0 Å². The van der Waals surface area contributed by atoms with Crippen molar-refractivity contribution in [1.82, 2.24) is 61.7 Å². The van der Waals surface area contributed by atoms with Crippen LogP contribution in [0, 0.1) is 0 Å². The van der Waals surface area contributed by atoms with Gasteiger partial charge in [-0.05, 0) is 6.92 Å². The Morgan fingerprint density at radius 1 is 0.234 bits per heavy atom. The van der Waals surface area contributed by atoms with Crippen LogP contribution in [0.3, 0.4) is 0 Å². The highest BCUT2D eigenvalue weighted by molar-refractivity contribution is 5.98. The highest BCUT2D eigenvalue weighted by Gasteiger charge is 2.28. The Balaban J connectivity index is 5.16. The summed E-state index contributed by atoms with van der Waals surface area (Å²) in [7, 11) is 0. The molecule has 0 radical (unpaired) electrons. The van der Waals surface area contributed by atoms with E-state index in [2.05, 4.69) is 37.2 Å². The molecule has 0 aliphatic heterocycles. The summed E-state index contributed by atoms with van der Waals surface area (Å²) in [6.07, 6.45) is -6.62. The second-order valence-electron chi connectivity index (χ2n) is 20.2. The first-order chi connectivity index (χ1) is 44.0. The van der Waals surface area contributed by atoms with Crippen LogP contribution in [0.4, 0.5) is 0 Å². The number of nitrogens with one attached hydrogen (secondary N) is 7. The normalized spacial score (nSPS) is 10.3. The van der Waals surface area contributed by atoms with E-state index in [1.165, 1.54) is 0 Å². The van der Waals surface area contributed by atoms with Crippen LogP contribution in [-0.2, 0) is 110 Å². The maximum Gasteiger partial charge on any atom is 0.323 e. The molecule has 0 unspecified atom stereocenters. The number of amides is 12. The molecule has 0 fully saturated rings. The zero-order valence-corrected chi connectivity index (χ0v) is 51.4. The van der Waals surface area contributed by atoms with Crippen molar-refractivity contribution in [3.8, 4) is 0 Å². The van der Waals surface area contributed by atoms with Crippen LogP contribution < -0.4 is 37.2 Å². The average Bonchev–Trinajstić information content (AvgIpc) is 1.15. The number of carboxylic acid groups (broad SMARTS) is 5. The van der Waals surface area contributed by atoms with Gasteiger partial charge in [-0.15, -0.1) is 0 Å². The minimum absolute atomic E-state index is 0.142. The van der Waals surface area contributed by atoms with Crippen LogP contribution in [0.5, 0.6) is 0 Å². The predicted molar refractivity (Wildman–Crippen MR) is 309 cm³/mol. The minimum Gasteiger partial charge on any atom is -0.480 e. The van der Waals surface area contributed by atoms with E-state index in [4.69, 9.17) is 5.11 Å². The average molecular weight is 1340 g/mol. The molecule has 520 valence electrons. The second kappa shape index (κ2) is 45.3. The Hall–Kier alpha value is -11.0. The number of carbonyl (C=O) groups is 23. The van der Waals surface area contributed by atoms with Crippen molar-refractivity contribution in [3.05, 3.63) is 0 Å². The third-order valence-electron chi connectivity index (χ3n) is 12.1. The first-order valence-corrected chi connectivity index (χ1v) is 28.4. The number of carbonyl (C=O) groups excluding carboxylic acids is 18. The SMILES string of the molecule is CCNC(=O)CCC(=O)CNC(=O)CN(CC(=O)O)C(=O)CCC(=O)CNC(=O)CN(CC(=O)O)C(=O)CCC(=O)CNC(=O)CN(CC(=O)O)C(=O)CCC(=O)CNC(=O)CN(CC(=O)O)C(=O)CCC(=O)CNC(=O)CN(CC(=O)O)C(=O)CCC(=O)CNC(C)=O. The van der Waals surface area contributed by atoms with E-state index in [-0.39, 0.29) is 12.8 Å². The lowest BCUT2D eigenvalue weighted by molar-refractivity contribution is -0.146. The molecule has 0 atom stereocenters. The summed E-state index contributed by atoms with van der Waals surface area (Å²) < 4.78 is 0. The summed E-state index contributed by atoms with van der Waals surface area (Å²) in [6.45, 7) is -10.6. The quantitative estimate of drug-likeness (QED) is 0.0269. The highest BCUT2D eigenvalue weighted by Crippen LogP contribution is 2.06. The molecular weight excluding hydrogens is 1260 g/mol. The number of aliphatic carboxylic acids is 5. The second-order valence-corrected chi connectivity index (χ2v) is 20.2. The fraction of sp³-hybridized carbons (Fsp3) is 0.574. The lowest BCUT2D eigenvalue weighted by Gasteiger charge is -2.21. The van der Waals surface area contributed by atoms with E-state index >= 15 is 0 Å². The van der Waals surface area contributed by atoms with Gasteiger partial charge in [-0.2, -0.15) is 0 Å². The number of hydrogen-bond donors (Lipinski definition) is 12. The zero-order chi connectivity index (χ0) is 71.6. The first kappa shape index (κ1) is 83.0. The Morgan fingerprint density at radius 2 is 0.415 bits per heavy atom. The smallest absolute Gasteiger partial charge is 0.323 e. The van der Waals surface area contributed by atoms with E-state index < -0.39 is 304 Å². The maximum absolute atomic E-state index is 12.9. The minimum atomic E-state index is -1.62. The number of ketones is 6. The summed E-state index contributed by atoms with van der Waals surface area (Å²) in [5.74, 6) is -23.5. The van der Waals surface area contributed by atoms with Crippen LogP contribution in [0.25, 0.3) is 0 Å². The Kier molecular flexibility index (Phi) is 40.0. The molecule has 94 heavy (non-hydrogen) atoms. The monoisotopic (exact) mass is 1340 g/mol. The Labute approximate surface area is 533 Å². The van der Waals surface area contributed by atoms with E-state index in [9.17, 15) is 131 Å². The fourth-order valence-corrected chi connectivity index (χ4v) is 7.42. The molecule has 0 aliphatic rings. The van der Waals surface area contributed by atoms with Crippen LogP contribution in [0.15, 0.2) is 0 Å². The van der Waals surface area contributed by atoms with Gasteiger partial charge >= 0.3 is 29.8 Å². The van der Waals surface area contributed by atoms with Crippen LogP contribution >= 0.6 is 0 Å². The molecule has 0 aromatic rings. The molecule has 0 bridgehead atoms. The zero-order valence-electron chi connectivity index (χ0n) is 51.4. The van der Waals surface area contributed by atoms with Crippen molar-refractivity contribution in [2.45, 2.75) is 90.9 Å². The van der Waals surface area contributed by atoms with Crippen molar-refractivity contribution >= 4 is 135 Å². The van der Waals surface area contributed by atoms with Gasteiger partial charge in [0.05, 0.1) is 39.3 Å². The number of rotatable bonds is 51. The molecule has 12 N–H and O–H groups in total. The lowest BCUT2D eigenvalue weighted by atomic mass is 10.2. The summed E-state index contributed by atoms with van der Waals surface area (Å²) >= 11 is 0. The standard InChI is InChI=1S/C54H76N12O28/c1-3-55-39(74)10-4-33(68)17-57-40(75)22-63(28-51(87)88)46(81)12-6-35(70)19-59-42(77)24-65(30-53(91)92)48(83)14-8-37(72)21-61-44(79)26-66(31-54(93)94)49(84)15-9-38(73)20-60-43(78)25-64(29-52(89)90)47(82)13-7-36(71)18-58-41(76)23-62(27-50(85)86)45(80)11-5-34(69)16-56-32(2)67/h3-31H2,1-2H3,(H,55,74)(H,56,67)(H,57,75)(H,58,76)(H,59,77)(H,60,78)(H,61,79)(H,85,86)(H,87,88)(H,89,90)(H,91,92)(H,93,94). The Morgan fingerprint density at radius 3 is 0.585 bits per heavy atom. The largest absolute Gasteiger partial charge is 0.480 e. The van der Waals surface area contributed by atoms with Gasteiger partial charge in [0.25, 0.3) is 0 Å². The third-order valence-corrected chi connectivity index (χ3v) is 12.1. The van der Waals surface area contributed by atoms with Gasteiger partial charge < -0.3 is 87.2 Å². The van der Waals surface area contributed by atoms with Gasteiger partial charge in [-0.25, -0.2) is 0 Å². The summed E-state index contributed by atoms with van der Waals surface area (Å²) in [5.41, 5.74) is 0. The number of nitrogens with zero attached hydrogens (tertiary/aromatic N) is 5. The number of hydrogen-bond acceptors (Lipinski definition) is 23. The summed E-state index contributed by atoms with van der Waals surface area (Å²) in [6, 6.07) is 0. The summed E-state index contributed by atoms with van der Waals surface area (Å²) in [4.78, 5) is 283. The van der Waals surface area contributed by atoms with Gasteiger partial charge in [-0.1, -0.05) is 0 Å². The maximum atomic E-state index is 12.9. The summed E-state index contributed by atoms with van der Waals surface area (Å²) in [5, 5.41) is 61.7. The molecule has 0 saturated heterocycles. The molecule has 0 aliphatic carbocycles. The van der Waals surface area contributed by atoms with Crippen molar-refractivity contribution in [2.75, 3.05) is 111 Å².